The van der Waals surface area contributed by atoms with Gasteiger partial charge in [-0.1, -0.05) is 35.4 Å². The fourth-order valence-electron chi connectivity index (χ4n) is 1.70. The van der Waals surface area contributed by atoms with Crippen molar-refractivity contribution in [3.8, 4) is 0 Å². The summed E-state index contributed by atoms with van der Waals surface area (Å²) in [4.78, 5) is 0. The number of halogens is 6. The third-order valence-corrected chi connectivity index (χ3v) is 4.02. The van der Waals surface area contributed by atoms with Crippen LogP contribution < -0.4 is 0 Å². The first-order valence-corrected chi connectivity index (χ1v) is 5.60. The van der Waals surface area contributed by atoms with Gasteiger partial charge in [0.15, 0.2) is 0 Å². The van der Waals surface area contributed by atoms with Crippen molar-refractivity contribution in [2.24, 2.45) is 5.92 Å². The molecule has 0 aliphatic heterocycles. The number of rotatable bonds is 1. The van der Waals surface area contributed by atoms with Crippen molar-refractivity contribution in [3.05, 3.63) is 0 Å². The molecule has 0 aromatic heterocycles. The highest BCUT2D eigenvalue weighted by molar-refractivity contribution is 14.1. The van der Waals surface area contributed by atoms with Crippen molar-refractivity contribution in [3.63, 3.8) is 0 Å². The lowest BCUT2D eigenvalue weighted by Crippen LogP contribution is -2.47. The maximum atomic E-state index is 12.9. The first kappa shape index (κ1) is 12.4. The van der Waals surface area contributed by atoms with Gasteiger partial charge in [-0.25, -0.2) is 0 Å². The van der Waals surface area contributed by atoms with Crippen LogP contribution in [0.4, 0.5) is 22.0 Å². The molecule has 0 unspecified atom stereocenters. The van der Waals surface area contributed by atoms with Gasteiger partial charge >= 0.3 is 12.1 Å². The molecule has 6 heteroatoms. The summed E-state index contributed by atoms with van der Waals surface area (Å²) < 4.78 is 61.4. The van der Waals surface area contributed by atoms with Crippen molar-refractivity contribution < 1.29 is 22.0 Å². The zero-order valence-corrected chi connectivity index (χ0v) is 9.41. The average molecular weight is 328 g/mol. The molecule has 1 aliphatic rings. The van der Waals surface area contributed by atoms with E-state index in [1.54, 1.807) is 22.6 Å². The first-order chi connectivity index (χ1) is 6.27. The molecule has 0 saturated heterocycles. The van der Waals surface area contributed by atoms with Gasteiger partial charge in [0.2, 0.25) is 0 Å². The van der Waals surface area contributed by atoms with Gasteiger partial charge in [-0.05, 0) is 12.8 Å². The molecule has 0 aromatic rings. The predicted molar refractivity (Wildman–Crippen MR) is 50.8 cm³/mol. The summed E-state index contributed by atoms with van der Waals surface area (Å²) in [6.07, 6.45) is -3.76. The van der Waals surface area contributed by atoms with Crippen LogP contribution in [0.3, 0.4) is 0 Å². The molecule has 1 saturated carbocycles. The van der Waals surface area contributed by atoms with E-state index in [1.807, 2.05) is 0 Å². The minimum atomic E-state index is -5.40. The molecule has 2 atom stereocenters. The molecule has 0 aromatic carbocycles. The lowest BCUT2D eigenvalue weighted by atomic mass is 9.84. The summed E-state index contributed by atoms with van der Waals surface area (Å²) in [7, 11) is 0. The second-order valence-corrected chi connectivity index (χ2v) is 5.13. The van der Waals surface area contributed by atoms with Crippen LogP contribution >= 0.6 is 22.6 Å². The van der Waals surface area contributed by atoms with Crippen LogP contribution in [-0.4, -0.2) is 16.0 Å². The highest BCUT2D eigenvalue weighted by Crippen LogP contribution is 2.48. The van der Waals surface area contributed by atoms with Gasteiger partial charge in [-0.3, -0.25) is 0 Å². The van der Waals surface area contributed by atoms with E-state index in [0.717, 1.165) is 6.42 Å². The smallest absolute Gasteiger partial charge is 0.196 e. The Balaban J connectivity index is 2.79. The third-order valence-electron chi connectivity index (χ3n) is 2.53. The van der Waals surface area contributed by atoms with Crippen molar-refractivity contribution in [2.45, 2.75) is 41.7 Å². The van der Waals surface area contributed by atoms with E-state index in [4.69, 9.17) is 0 Å². The van der Waals surface area contributed by atoms with Crippen LogP contribution in [-0.2, 0) is 0 Å². The quantitative estimate of drug-likeness (QED) is 0.385. The summed E-state index contributed by atoms with van der Waals surface area (Å²) >= 11 is 1.70. The molecule has 0 heterocycles. The Bertz CT molecular complexity index is 200. The van der Waals surface area contributed by atoms with Crippen LogP contribution in [0.15, 0.2) is 0 Å². The highest BCUT2D eigenvalue weighted by Gasteiger charge is 2.63. The molecule has 0 spiro atoms. The largest absolute Gasteiger partial charge is 0.453 e. The molecular formula is C8H10F5I. The van der Waals surface area contributed by atoms with E-state index in [2.05, 4.69) is 0 Å². The predicted octanol–water partition coefficient (Wildman–Crippen LogP) is 4.18. The van der Waals surface area contributed by atoms with Crippen LogP contribution in [0, 0.1) is 5.92 Å². The van der Waals surface area contributed by atoms with Crippen LogP contribution in [0.5, 0.6) is 0 Å². The molecule has 0 N–H and O–H groups in total. The molecule has 0 amide bonds. The minimum Gasteiger partial charge on any atom is -0.196 e. The molecule has 0 nitrogen and oxygen atoms in total. The Morgan fingerprint density at radius 2 is 1.43 bits per heavy atom. The number of alkyl halides is 6. The van der Waals surface area contributed by atoms with E-state index in [1.165, 1.54) is 0 Å². The number of hydrogen-bond donors (Lipinski definition) is 0. The lowest BCUT2D eigenvalue weighted by Gasteiger charge is -2.34. The minimum absolute atomic E-state index is 0.0277. The lowest BCUT2D eigenvalue weighted by molar-refractivity contribution is -0.304. The van der Waals surface area contributed by atoms with E-state index in [-0.39, 0.29) is 6.42 Å². The van der Waals surface area contributed by atoms with Gasteiger partial charge in [0.25, 0.3) is 0 Å². The van der Waals surface area contributed by atoms with E-state index in [9.17, 15) is 22.0 Å². The summed E-state index contributed by atoms with van der Waals surface area (Å²) in [6.45, 7) is 0. The standard InChI is InChI=1S/C8H10F5I/c9-7(10,8(11,12)13)5-3-1-2-4-6(5)14/h5-6H,1-4H2/t5-,6+/m0/s1. The average Bonchev–Trinajstić information content (AvgIpc) is 2.02. The van der Waals surface area contributed by atoms with Crippen LogP contribution in [0.2, 0.25) is 0 Å². The summed E-state index contributed by atoms with van der Waals surface area (Å²) in [5, 5.41) is 0. The Morgan fingerprint density at radius 1 is 0.929 bits per heavy atom. The van der Waals surface area contributed by atoms with Crippen molar-refractivity contribution in [2.75, 3.05) is 0 Å². The van der Waals surface area contributed by atoms with E-state index >= 15 is 0 Å². The maximum absolute atomic E-state index is 12.9. The molecule has 14 heavy (non-hydrogen) atoms. The zero-order chi connectivity index (χ0) is 11.0. The van der Waals surface area contributed by atoms with Crippen LogP contribution in [0.25, 0.3) is 0 Å². The Kier molecular flexibility index (Phi) is 3.64. The van der Waals surface area contributed by atoms with Gasteiger partial charge in [0.1, 0.15) is 0 Å². The normalized spacial score (nSPS) is 30.4. The Labute approximate surface area is 92.4 Å². The van der Waals surface area contributed by atoms with Gasteiger partial charge in [0.05, 0.1) is 0 Å². The number of hydrogen-bond acceptors (Lipinski definition) is 0. The fourth-order valence-corrected chi connectivity index (χ4v) is 2.96. The van der Waals surface area contributed by atoms with Gasteiger partial charge in [-0.15, -0.1) is 0 Å². The molecule has 0 radical (unpaired) electrons. The molecule has 0 bridgehead atoms. The highest BCUT2D eigenvalue weighted by atomic mass is 127. The molecule has 84 valence electrons. The van der Waals surface area contributed by atoms with Gasteiger partial charge in [-0.2, -0.15) is 22.0 Å². The second kappa shape index (κ2) is 4.09. The SMILES string of the molecule is FC(F)(F)C(F)(F)[C@H]1CCCC[C@H]1I. The van der Waals surface area contributed by atoms with E-state index in [0.29, 0.717) is 12.8 Å². The third kappa shape index (κ3) is 2.30. The summed E-state index contributed by atoms with van der Waals surface area (Å²) in [5.74, 6) is -6.07. The summed E-state index contributed by atoms with van der Waals surface area (Å²) in [6, 6.07) is 0. The Hall–Kier alpha value is 0.380. The fraction of sp³-hybridized carbons (Fsp3) is 1.00. The molecule has 1 rings (SSSR count). The van der Waals surface area contributed by atoms with Crippen molar-refractivity contribution in [1.82, 2.24) is 0 Å². The molecule has 1 aliphatic carbocycles. The zero-order valence-electron chi connectivity index (χ0n) is 7.25. The van der Waals surface area contributed by atoms with Crippen molar-refractivity contribution >= 4 is 22.6 Å². The molecular weight excluding hydrogens is 318 g/mol. The topological polar surface area (TPSA) is 0 Å². The van der Waals surface area contributed by atoms with Crippen molar-refractivity contribution in [1.29, 1.82) is 0 Å². The maximum Gasteiger partial charge on any atom is 0.453 e. The first-order valence-electron chi connectivity index (χ1n) is 4.35. The van der Waals surface area contributed by atoms with Gasteiger partial charge < -0.3 is 0 Å². The molecule has 1 fully saturated rings. The van der Waals surface area contributed by atoms with Crippen LogP contribution in [0.1, 0.15) is 25.7 Å². The summed E-state index contributed by atoms with van der Waals surface area (Å²) in [5.41, 5.74) is 0. The van der Waals surface area contributed by atoms with E-state index < -0.39 is 21.9 Å². The Morgan fingerprint density at radius 3 is 1.86 bits per heavy atom. The second-order valence-electron chi connectivity index (χ2n) is 3.53. The van der Waals surface area contributed by atoms with Gasteiger partial charge in [0, 0.05) is 9.84 Å². The monoisotopic (exact) mass is 328 g/mol.